The quantitative estimate of drug-likeness (QED) is 0.722. The number of hydrogen-bond donors (Lipinski definition) is 1. The Kier molecular flexibility index (Phi) is 6.70. The minimum absolute atomic E-state index is 0.0905. The first-order chi connectivity index (χ1) is 7.66. The first-order valence-corrected chi connectivity index (χ1v) is 7.49. The second-order valence-corrected chi connectivity index (χ2v) is 6.91. The van der Waals surface area contributed by atoms with Crippen LogP contribution in [0.3, 0.4) is 0 Å². The van der Waals surface area contributed by atoms with Crippen LogP contribution in [-0.2, 0) is 14.8 Å². The molecule has 0 aromatic rings. The SMILES string of the molecule is CC(C)CN(C(C)C)S(=O)(=O)CCCC(=O)O. The molecule has 0 aromatic heterocycles. The number of carbonyl (C=O) groups is 1. The summed E-state index contributed by atoms with van der Waals surface area (Å²) in [4.78, 5) is 10.4. The number of nitrogens with zero attached hydrogens (tertiary/aromatic N) is 1. The van der Waals surface area contributed by atoms with Crippen LogP contribution in [0, 0.1) is 5.92 Å². The molecule has 5 nitrogen and oxygen atoms in total. The number of aliphatic carboxylic acids is 1. The maximum atomic E-state index is 12.0. The monoisotopic (exact) mass is 265 g/mol. The Balaban J connectivity index is 4.56. The van der Waals surface area contributed by atoms with Gasteiger partial charge < -0.3 is 5.11 Å². The number of rotatable bonds is 8. The first-order valence-electron chi connectivity index (χ1n) is 5.88. The minimum atomic E-state index is -3.34. The molecule has 0 aliphatic carbocycles. The number of carboxylic acid groups (broad SMARTS) is 1. The molecule has 1 N–H and O–H groups in total. The highest BCUT2D eigenvalue weighted by atomic mass is 32.2. The van der Waals surface area contributed by atoms with Crippen molar-refractivity contribution in [2.45, 2.75) is 46.6 Å². The highest BCUT2D eigenvalue weighted by Crippen LogP contribution is 2.12. The van der Waals surface area contributed by atoms with Gasteiger partial charge in [0.05, 0.1) is 5.75 Å². The van der Waals surface area contributed by atoms with Gasteiger partial charge in [-0.3, -0.25) is 4.79 Å². The van der Waals surface area contributed by atoms with Crippen LogP contribution in [0.25, 0.3) is 0 Å². The molecule has 0 bridgehead atoms. The van der Waals surface area contributed by atoms with E-state index in [-0.39, 0.29) is 30.6 Å². The number of carboxylic acids is 1. The molecule has 0 aliphatic rings. The van der Waals surface area contributed by atoms with Gasteiger partial charge in [0.15, 0.2) is 0 Å². The summed E-state index contributed by atoms with van der Waals surface area (Å²) in [7, 11) is -3.34. The molecule has 0 saturated heterocycles. The Morgan fingerprint density at radius 3 is 2.12 bits per heavy atom. The van der Waals surface area contributed by atoms with Crippen molar-refractivity contribution in [3.8, 4) is 0 Å². The lowest BCUT2D eigenvalue weighted by Gasteiger charge is -2.27. The summed E-state index contributed by atoms with van der Waals surface area (Å²) in [6.07, 6.45) is 0.0613. The Hall–Kier alpha value is -0.620. The lowest BCUT2D eigenvalue weighted by Crippen LogP contribution is -2.40. The number of hydrogen-bond acceptors (Lipinski definition) is 3. The van der Waals surface area contributed by atoms with E-state index in [0.717, 1.165) is 0 Å². The molecule has 6 heteroatoms. The van der Waals surface area contributed by atoms with Gasteiger partial charge in [-0.05, 0) is 26.2 Å². The molecular weight excluding hydrogens is 242 g/mol. The molecule has 17 heavy (non-hydrogen) atoms. The summed E-state index contributed by atoms with van der Waals surface area (Å²) in [5.41, 5.74) is 0. The van der Waals surface area contributed by atoms with Crippen LogP contribution in [0.1, 0.15) is 40.5 Å². The molecule has 0 atom stereocenters. The summed E-state index contributed by atoms with van der Waals surface area (Å²) >= 11 is 0. The summed E-state index contributed by atoms with van der Waals surface area (Å²) in [6, 6.07) is -0.0905. The lowest BCUT2D eigenvalue weighted by atomic mass is 10.2. The van der Waals surface area contributed by atoms with Crippen LogP contribution in [0.2, 0.25) is 0 Å². The molecule has 0 saturated carbocycles. The van der Waals surface area contributed by atoms with Crippen molar-refractivity contribution in [3.05, 3.63) is 0 Å². The zero-order chi connectivity index (χ0) is 13.6. The van der Waals surface area contributed by atoms with Crippen molar-refractivity contribution >= 4 is 16.0 Å². The topological polar surface area (TPSA) is 74.7 Å². The largest absolute Gasteiger partial charge is 0.481 e. The van der Waals surface area contributed by atoms with Gasteiger partial charge in [-0.15, -0.1) is 0 Å². The van der Waals surface area contributed by atoms with E-state index in [1.807, 2.05) is 27.7 Å². The summed E-state index contributed by atoms with van der Waals surface area (Å²) in [5, 5.41) is 8.50. The average Bonchev–Trinajstić information content (AvgIpc) is 2.12. The third-order valence-electron chi connectivity index (χ3n) is 2.27. The number of sulfonamides is 1. The van der Waals surface area contributed by atoms with Crippen LogP contribution >= 0.6 is 0 Å². The summed E-state index contributed by atoms with van der Waals surface area (Å²) in [5.74, 6) is -0.795. The van der Waals surface area contributed by atoms with Gasteiger partial charge in [-0.25, -0.2) is 8.42 Å². The van der Waals surface area contributed by atoms with Gasteiger partial charge in [0, 0.05) is 19.0 Å². The van der Waals surface area contributed by atoms with Gasteiger partial charge in [0.2, 0.25) is 10.0 Å². The molecule has 0 amide bonds. The molecule has 0 fully saturated rings. The zero-order valence-electron chi connectivity index (χ0n) is 11.0. The van der Waals surface area contributed by atoms with Gasteiger partial charge in [-0.2, -0.15) is 4.31 Å². The molecule has 0 rings (SSSR count). The lowest BCUT2D eigenvalue weighted by molar-refractivity contribution is -0.137. The van der Waals surface area contributed by atoms with Crippen molar-refractivity contribution in [2.24, 2.45) is 5.92 Å². The Morgan fingerprint density at radius 1 is 1.24 bits per heavy atom. The molecule has 0 heterocycles. The second kappa shape index (κ2) is 6.96. The first kappa shape index (κ1) is 16.4. The third kappa shape index (κ3) is 6.63. The molecule has 0 spiro atoms. The van der Waals surface area contributed by atoms with E-state index in [2.05, 4.69) is 0 Å². The predicted octanol–water partition coefficient (Wildman–Crippen LogP) is 1.55. The highest BCUT2D eigenvalue weighted by Gasteiger charge is 2.25. The van der Waals surface area contributed by atoms with Gasteiger partial charge >= 0.3 is 5.97 Å². The Bertz CT molecular complexity index is 335. The van der Waals surface area contributed by atoms with E-state index in [0.29, 0.717) is 6.54 Å². The molecule has 102 valence electrons. The molecule has 0 aliphatic heterocycles. The normalized spacial score (nSPS) is 12.6. The maximum absolute atomic E-state index is 12.0. The van der Waals surface area contributed by atoms with Gasteiger partial charge in [0.25, 0.3) is 0 Å². The predicted molar refractivity (Wildman–Crippen MR) is 67.3 cm³/mol. The van der Waals surface area contributed by atoms with Gasteiger partial charge in [-0.1, -0.05) is 13.8 Å². The van der Waals surface area contributed by atoms with E-state index in [1.165, 1.54) is 4.31 Å². The van der Waals surface area contributed by atoms with E-state index in [9.17, 15) is 13.2 Å². The highest BCUT2D eigenvalue weighted by molar-refractivity contribution is 7.89. The van der Waals surface area contributed by atoms with Crippen molar-refractivity contribution in [2.75, 3.05) is 12.3 Å². The van der Waals surface area contributed by atoms with Crippen LogP contribution in [-0.4, -0.2) is 42.1 Å². The Morgan fingerprint density at radius 2 is 1.76 bits per heavy atom. The fourth-order valence-electron chi connectivity index (χ4n) is 1.53. The van der Waals surface area contributed by atoms with Crippen molar-refractivity contribution in [3.63, 3.8) is 0 Å². The van der Waals surface area contributed by atoms with Gasteiger partial charge in [0.1, 0.15) is 0 Å². The van der Waals surface area contributed by atoms with Crippen molar-refractivity contribution < 1.29 is 18.3 Å². The second-order valence-electron chi connectivity index (χ2n) is 4.87. The van der Waals surface area contributed by atoms with Crippen LogP contribution in [0.5, 0.6) is 0 Å². The van der Waals surface area contributed by atoms with E-state index >= 15 is 0 Å². The van der Waals surface area contributed by atoms with Crippen LogP contribution < -0.4 is 0 Å². The average molecular weight is 265 g/mol. The molecular formula is C11H23NO4S. The van der Waals surface area contributed by atoms with Crippen LogP contribution in [0.15, 0.2) is 0 Å². The Labute approximate surface area is 104 Å². The zero-order valence-corrected chi connectivity index (χ0v) is 11.8. The maximum Gasteiger partial charge on any atom is 0.303 e. The fourth-order valence-corrected chi connectivity index (χ4v) is 3.44. The van der Waals surface area contributed by atoms with E-state index < -0.39 is 16.0 Å². The summed E-state index contributed by atoms with van der Waals surface area (Å²) < 4.78 is 25.5. The third-order valence-corrected chi connectivity index (χ3v) is 4.36. The van der Waals surface area contributed by atoms with E-state index in [4.69, 9.17) is 5.11 Å². The fraction of sp³-hybridized carbons (Fsp3) is 0.909. The molecule has 0 aromatic carbocycles. The van der Waals surface area contributed by atoms with Crippen molar-refractivity contribution in [1.29, 1.82) is 0 Å². The van der Waals surface area contributed by atoms with Crippen LogP contribution in [0.4, 0.5) is 0 Å². The summed E-state index contributed by atoms with van der Waals surface area (Å²) in [6.45, 7) is 8.06. The standard InChI is InChI=1S/C11H23NO4S/c1-9(2)8-12(10(3)4)17(15,16)7-5-6-11(13)14/h9-10H,5-8H2,1-4H3,(H,13,14). The van der Waals surface area contributed by atoms with Crippen molar-refractivity contribution in [1.82, 2.24) is 4.31 Å². The minimum Gasteiger partial charge on any atom is -0.481 e. The molecule has 0 radical (unpaired) electrons. The smallest absolute Gasteiger partial charge is 0.303 e. The van der Waals surface area contributed by atoms with E-state index in [1.54, 1.807) is 0 Å². The molecule has 0 unspecified atom stereocenters.